The fourth-order valence-electron chi connectivity index (χ4n) is 1.70. The molecule has 1 amide bonds. The van der Waals surface area contributed by atoms with Gasteiger partial charge < -0.3 is 10.1 Å². The summed E-state index contributed by atoms with van der Waals surface area (Å²) in [5.74, 6) is 0.207. The van der Waals surface area contributed by atoms with Gasteiger partial charge in [-0.2, -0.15) is 0 Å². The first-order valence-corrected chi connectivity index (χ1v) is 9.26. The highest BCUT2D eigenvalue weighted by Crippen LogP contribution is 2.25. The van der Waals surface area contributed by atoms with Gasteiger partial charge >= 0.3 is 5.97 Å². The molecule has 0 aliphatic heterocycles. The van der Waals surface area contributed by atoms with Gasteiger partial charge in [0.15, 0.2) is 6.61 Å². The summed E-state index contributed by atoms with van der Waals surface area (Å²) in [7, 11) is 0. The summed E-state index contributed by atoms with van der Waals surface area (Å²) in [5, 5.41) is 2.70. The Hall–Kier alpha value is -1.50. The fourth-order valence-corrected chi connectivity index (χ4v) is 3.72. The summed E-state index contributed by atoms with van der Waals surface area (Å²) in [6, 6.07) is 13.3. The molecule has 0 atom stereocenters. The average Bonchev–Trinajstić information content (AvgIpc) is 2.97. The smallest absolute Gasteiger partial charge is 0.316 e. The Balaban J connectivity index is 1.57. The predicted molar refractivity (Wildman–Crippen MR) is 94.7 cm³/mol. The van der Waals surface area contributed by atoms with E-state index in [9.17, 15) is 9.59 Å². The van der Waals surface area contributed by atoms with E-state index in [1.807, 2.05) is 42.5 Å². The number of ether oxygens (including phenoxy) is 1. The van der Waals surface area contributed by atoms with E-state index < -0.39 is 5.97 Å². The van der Waals surface area contributed by atoms with Crippen LogP contribution in [0, 0.1) is 0 Å². The van der Waals surface area contributed by atoms with E-state index in [1.54, 1.807) is 0 Å². The average molecular weight is 370 g/mol. The zero-order valence-corrected chi connectivity index (χ0v) is 14.7. The number of rotatable bonds is 8. The zero-order chi connectivity index (χ0) is 16.5. The number of esters is 1. The van der Waals surface area contributed by atoms with E-state index in [1.165, 1.54) is 23.1 Å². The standard InChI is InChI=1S/C16H16ClNO3S2/c17-14-7-6-13(23-14)10-22-11-16(20)21-9-15(19)18-8-12-4-2-1-3-5-12/h1-7H,8-11H2,(H,18,19). The number of hydrogen-bond acceptors (Lipinski definition) is 5. The van der Waals surface area contributed by atoms with Crippen molar-refractivity contribution in [1.29, 1.82) is 0 Å². The van der Waals surface area contributed by atoms with Gasteiger partial charge in [0, 0.05) is 17.2 Å². The van der Waals surface area contributed by atoms with E-state index >= 15 is 0 Å². The molecule has 4 nitrogen and oxygen atoms in total. The lowest BCUT2D eigenvalue weighted by atomic mass is 10.2. The van der Waals surface area contributed by atoms with Crippen LogP contribution >= 0.6 is 34.7 Å². The Kier molecular flexibility index (Phi) is 7.45. The van der Waals surface area contributed by atoms with Crippen LogP contribution in [0.1, 0.15) is 10.4 Å². The molecule has 1 N–H and O–H groups in total. The lowest BCUT2D eigenvalue weighted by molar-refractivity contribution is -0.145. The molecule has 0 saturated heterocycles. The molecule has 1 aromatic carbocycles. The number of carbonyl (C=O) groups is 2. The van der Waals surface area contributed by atoms with Crippen LogP contribution in [0.5, 0.6) is 0 Å². The van der Waals surface area contributed by atoms with Crippen molar-refractivity contribution in [3.8, 4) is 0 Å². The van der Waals surface area contributed by atoms with Crippen LogP contribution in [0.3, 0.4) is 0 Å². The fraction of sp³-hybridized carbons (Fsp3) is 0.250. The first-order valence-electron chi connectivity index (χ1n) is 6.91. The second kappa shape index (κ2) is 9.60. The molecule has 2 rings (SSSR count). The third-order valence-electron chi connectivity index (χ3n) is 2.79. The van der Waals surface area contributed by atoms with Gasteiger partial charge in [-0.1, -0.05) is 41.9 Å². The number of thioether (sulfide) groups is 1. The van der Waals surface area contributed by atoms with Gasteiger partial charge in [0.1, 0.15) is 0 Å². The molecule has 23 heavy (non-hydrogen) atoms. The van der Waals surface area contributed by atoms with Crippen molar-refractivity contribution >= 4 is 46.6 Å². The predicted octanol–water partition coefficient (Wildman–Crippen LogP) is 3.49. The van der Waals surface area contributed by atoms with E-state index in [0.29, 0.717) is 12.3 Å². The molecule has 0 spiro atoms. The third kappa shape index (κ3) is 7.07. The topological polar surface area (TPSA) is 55.4 Å². The van der Waals surface area contributed by atoms with Crippen molar-refractivity contribution in [2.45, 2.75) is 12.3 Å². The quantitative estimate of drug-likeness (QED) is 0.723. The van der Waals surface area contributed by atoms with Gasteiger partial charge in [-0.3, -0.25) is 9.59 Å². The maximum atomic E-state index is 11.6. The largest absolute Gasteiger partial charge is 0.455 e. The second-order valence-electron chi connectivity index (χ2n) is 4.62. The maximum Gasteiger partial charge on any atom is 0.316 e. The van der Waals surface area contributed by atoms with Crippen molar-refractivity contribution in [3.63, 3.8) is 0 Å². The molecule has 0 aliphatic carbocycles. The first-order chi connectivity index (χ1) is 11.1. The van der Waals surface area contributed by atoms with Crippen LogP contribution in [0.25, 0.3) is 0 Å². The van der Waals surface area contributed by atoms with Gasteiger partial charge in [-0.15, -0.1) is 23.1 Å². The van der Waals surface area contributed by atoms with E-state index in [2.05, 4.69) is 5.32 Å². The number of thiophene rings is 1. The van der Waals surface area contributed by atoms with Gasteiger partial charge in [-0.05, 0) is 17.7 Å². The molecule has 0 bridgehead atoms. The van der Waals surface area contributed by atoms with Gasteiger partial charge in [0.05, 0.1) is 10.1 Å². The maximum absolute atomic E-state index is 11.6. The van der Waals surface area contributed by atoms with Crippen molar-refractivity contribution in [2.24, 2.45) is 0 Å². The van der Waals surface area contributed by atoms with Crippen LogP contribution in [0.4, 0.5) is 0 Å². The summed E-state index contributed by atoms with van der Waals surface area (Å²) in [6.45, 7) is 0.169. The summed E-state index contributed by atoms with van der Waals surface area (Å²) < 4.78 is 5.68. The molecule has 0 fully saturated rings. The minimum Gasteiger partial charge on any atom is -0.455 e. The third-order valence-corrected chi connectivity index (χ3v) is 5.16. The van der Waals surface area contributed by atoms with E-state index in [0.717, 1.165) is 14.8 Å². The molecular formula is C16H16ClNO3S2. The van der Waals surface area contributed by atoms with Gasteiger partial charge in [0.25, 0.3) is 5.91 Å². The molecule has 0 unspecified atom stereocenters. The SMILES string of the molecule is O=C(COC(=O)CSCc1ccc(Cl)s1)NCc1ccccc1. The van der Waals surface area contributed by atoms with Crippen molar-refractivity contribution in [1.82, 2.24) is 5.32 Å². The Bertz CT molecular complexity index is 646. The molecule has 1 heterocycles. The molecule has 0 aliphatic rings. The Morgan fingerprint density at radius 1 is 1.17 bits per heavy atom. The lowest BCUT2D eigenvalue weighted by Gasteiger charge is -2.06. The highest BCUT2D eigenvalue weighted by Gasteiger charge is 2.08. The second-order valence-corrected chi connectivity index (χ2v) is 7.41. The number of benzene rings is 1. The minimum atomic E-state index is -0.396. The molecule has 0 saturated carbocycles. The normalized spacial score (nSPS) is 10.3. The number of amides is 1. The molecule has 0 radical (unpaired) electrons. The number of carbonyl (C=O) groups excluding carboxylic acids is 2. The van der Waals surface area contributed by atoms with Crippen LogP contribution in [-0.4, -0.2) is 24.2 Å². The monoisotopic (exact) mass is 369 g/mol. The number of halogens is 1. The van der Waals surface area contributed by atoms with Crippen LogP contribution in [0.2, 0.25) is 4.34 Å². The van der Waals surface area contributed by atoms with Crippen LogP contribution in [-0.2, 0) is 26.6 Å². The number of hydrogen-bond donors (Lipinski definition) is 1. The lowest BCUT2D eigenvalue weighted by Crippen LogP contribution is -2.28. The highest BCUT2D eigenvalue weighted by atomic mass is 35.5. The summed E-state index contributed by atoms with van der Waals surface area (Å²) in [5.41, 5.74) is 0.998. The summed E-state index contributed by atoms with van der Waals surface area (Å²) in [4.78, 5) is 24.3. The Labute approximate surface area is 148 Å². The van der Waals surface area contributed by atoms with Crippen LogP contribution < -0.4 is 5.32 Å². The highest BCUT2D eigenvalue weighted by molar-refractivity contribution is 7.99. The molecule has 7 heteroatoms. The number of nitrogens with one attached hydrogen (secondary N) is 1. The minimum absolute atomic E-state index is 0.210. The summed E-state index contributed by atoms with van der Waals surface area (Å²) >= 11 is 8.76. The molecular weight excluding hydrogens is 354 g/mol. The Morgan fingerprint density at radius 3 is 2.65 bits per heavy atom. The van der Waals surface area contributed by atoms with Gasteiger partial charge in [-0.25, -0.2) is 0 Å². The van der Waals surface area contributed by atoms with Crippen LogP contribution in [0.15, 0.2) is 42.5 Å². The van der Waals surface area contributed by atoms with Gasteiger partial charge in [0.2, 0.25) is 0 Å². The Morgan fingerprint density at radius 2 is 1.96 bits per heavy atom. The zero-order valence-electron chi connectivity index (χ0n) is 12.3. The van der Waals surface area contributed by atoms with E-state index in [4.69, 9.17) is 16.3 Å². The first kappa shape index (κ1) is 17.8. The molecule has 1 aromatic heterocycles. The van der Waals surface area contributed by atoms with Crippen molar-refractivity contribution < 1.29 is 14.3 Å². The molecule has 122 valence electrons. The summed E-state index contributed by atoms with van der Waals surface area (Å²) in [6.07, 6.45) is 0. The van der Waals surface area contributed by atoms with Crippen molar-refractivity contribution in [3.05, 3.63) is 57.2 Å². The van der Waals surface area contributed by atoms with Crippen molar-refractivity contribution in [2.75, 3.05) is 12.4 Å². The van der Waals surface area contributed by atoms with E-state index in [-0.39, 0.29) is 18.3 Å². The molecule has 2 aromatic rings.